The second-order valence-corrected chi connectivity index (χ2v) is 18.7. The van der Waals surface area contributed by atoms with Gasteiger partial charge in [0.25, 0.3) is 0 Å². The number of para-hydroxylation sites is 2. The molecule has 0 radical (unpaired) electrons. The molecule has 9 aromatic carbocycles. The van der Waals surface area contributed by atoms with Gasteiger partial charge in [0.1, 0.15) is 0 Å². The van der Waals surface area contributed by atoms with Crippen LogP contribution in [-0.2, 0) is 0 Å². The average Bonchev–Trinajstić information content (AvgIpc) is 3.83. The summed E-state index contributed by atoms with van der Waals surface area (Å²) in [6.07, 6.45) is 0. The lowest BCUT2D eigenvalue weighted by molar-refractivity contribution is 1.15. The van der Waals surface area contributed by atoms with Crippen molar-refractivity contribution in [2.24, 2.45) is 0 Å². The first-order valence-corrected chi connectivity index (χ1v) is 22.8. The van der Waals surface area contributed by atoms with Gasteiger partial charge in [0.05, 0.1) is 11.0 Å². The number of fused-ring (bicyclic) bond motifs is 10. The molecule has 302 valence electrons. The van der Waals surface area contributed by atoms with Crippen molar-refractivity contribution >= 4 is 89.8 Å². The molecule has 2 aliphatic heterocycles. The van der Waals surface area contributed by atoms with Crippen molar-refractivity contribution in [3.63, 3.8) is 0 Å². The molecule has 0 atom stereocenters. The maximum absolute atomic E-state index is 2.65. The second kappa shape index (κ2) is 13.6. The zero-order valence-electron chi connectivity index (χ0n) is 37.2. The Morgan fingerprint density at radius 3 is 1.14 bits per heavy atom. The van der Waals surface area contributed by atoms with Gasteiger partial charge in [-0.25, -0.2) is 0 Å². The van der Waals surface area contributed by atoms with Crippen molar-refractivity contribution in [1.82, 2.24) is 9.13 Å². The van der Waals surface area contributed by atoms with E-state index in [9.17, 15) is 0 Å². The predicted molar refractivity (Wildman–Crippen MR) is 277 cm³/mol. The van der Waals surface area contributed by atoms with Crippen LogP contribution in [0, 0.1) is 41.5 Å². The zero-order chi connectivity index (χ0) is 43.1. The highest BCUT2D eigenvalue weighted by Gasteiger charge is 2.41. The fraction of sp³-hybridized carbons (Fsp3) is 0.100. The summed E-state index contributed by atoms with van der Waals surface area (Å²) in [7, 11) is 0. The van der Waals surface area contributed by atoms with Gasteiger partial charge in [-0.1, -0.05) is 196 Å². The van der Waals surface area contributed by atoms with Gasteiger partial charge < -0.3 is 9.13 Å². The maximum Gasteiger partial charge on any atom is 0.247 e. The molecule has 0 saturated heterocycles. The minimum atomic E-state index is 0.0331. The lowest BCUT2D eigenvalue weighted by atomic mass is 9.31. The summed E-state index contributed by atoms with van der Waals surface area (Å²) in [5, 5.41) is 5.22. The summed E-state index contributed by atoms with van der Waals surface area (Å²) in [6.45, 7) is 13.9. The first-order chi connectivity index (χ1) is 31.3. The Bertz CT molecular complexity index is 3500. The lowest BCUT2D eigenvalue weighted by Crippen LogP contribution is -2.62. The zero-order valence-corrected chi connectivity index (χ0v) is 37.2. The van der Waals surface area contributed by atoms with E-state index in [0.29, 0.717) is 0 Å². The molecule has 2 nitrogen and oxygen atoms in total. The maximum atomic E-state index is 2.65. The lowest BCUT2D eigenvalue weighted by Gasteiger charge is -2.34. The van der Waals surface area contributed by atoms with Crippen molar-refractivity contribution < 1.29 is 0 Å². The standard InChI is InChI=1S/C60H46B2N2/c1-35-29-37(3)57(38(4)30-35)61-47-25-13-23-45-55-43(41-17-9-7-10-18-41)21-15-27-51(55)63(59(45)47)53-34-54-50(33-49(53)61)62(58-39(5)31-36(2)32-40(58)6)48-26-14-24-46-56-44(42-19-11-8-12-20-42)22-16-28-52(56)64(54)60(46)48/h7-34H,1-6H3. The summed E-state index contributed by atoms with van der Waals surface area (Å²) < 4.78 is 5.27. The molecular weight excluding hydrogens is 770 g/mol. The molecule has 0 N–H and O–H groups in total. The first kappa shape index (κ1) is 37.3. The van der Waals surface area contributed by atoms with Crippen LogP contribution in [0.25, 0.3) is 77.2 Å². The highest BCUT2D eigenvalue weighted by molar-refractivity contribution is 7.01. The monoisotopic (exact) mass is 816 g/mol. The van der Waals surface area contributed by atoms with Crippen LogP contribution in [0.5, 0.6) is 0 Å². The molecule has 0 amide bonds. The fourth-order valence-electron chi connectivity index (χ4n) is 12.7. The molecule has 0 saturated carbocycles. The number of nitrogens with zero attached hydrogens (tertiary/aromatic N) is 2. The topological polar surface area (TPSA) is 9.86 Å². The van der Waals surface area contributed by atoms with Crippen LogP contribution in [0.15, 0.2) is 170 Å². The van der Waals surface area contributed by atoms with Crippen LogP contribution >= 0.6 is 0 Å². The molecule has 64 heavy (non-hydrogen) atoms. The quantitative estimate of drug-likeness (QED) is 0.157. The SMILES string of the molecule is Cc1cc(C)c(B2c3cc4c(cc3-n3c5cccc(-c6ccccc6)c5c5cccc2c53)-n2c3cccc(-c5ccccc5)c3c3cccc(c32)B4c2c(C)cc(C)cc2C)c(C)c1. The molecule has 2 aromatic heterocycles. The van der Waals surface area contributed by atoms with E-state index in [2.05, 4.69) is 221 Å². The molecule has 11 aromatic rings. The normalized spacial score (nSPS) is 12.8. The average molecular weight is 817 g/mol. The fourth-order valence-corrected chi connectivity index (χ4v) is 12.7. The van der Waals surface area contributed by atoms with Crippen molar-refractivity contribution in [3.05, 3.63) is 203 Å². The first-order valence-electron chi connectivity index (χ1n) is 22.8. The summed E-state index contributed by atoms with van der Waals surface area (Å²) in [4.78, 5) is 0. The van der Waals surface area contributed by atoms with Crippen LogP contribution in [0.2, 0.25) is 0 Å². The Labute approximate surface area is 375 Å². The summed E-state index contributed by atoms with van der Waals surface area (Å²) in [5.41, 5.74) is 28.9. The van der Waals surface area contributed by atoms with Crippen molar-refractivity contribution in [1.29, 1.82) is 0 Å². The smallest absolute Gasteiger partial charge is 0.247 e. The second-order valence-electron chi connectivity index (χ2n) is 18.7. The highest BCUT2D eigenvalue weighted by Crippen LogP contribution is 2.42. The Hall–Kier alpha value is -7.29. The third kappa shape index (κ3) is 5.05. The molecule has 13 rings (SSSR count). The number of hydrogen-bond donors (Lipinski definition) is 0. The van der Waals surface area contributed by atoms with E-state index in [1.54, 1.807) is 0 Å². The third-order valence-corrected chi connectivity index (χ3v) is 14.8. The largest absolute Gasteiger partial charge is 0.310 e. The van der Waals surface area contributed by atoms with Gasteiger partial charge in [0.2, 0.25) is 13.4 Å². The Kier molecular flexibility index (Phi) is 7.92. The van der Waals surface area contributed by atoms with Crippen molar-refractivity contribution in [2.75, 3.05) is 0 Å². The van der Waals surface area contributed by atoms with Crippen LogP contribution in [0.1, 0.15) is 33.4 Å². The van der Waals surface area contributed by atoms with E-state index in [0.717, 1.165) is 0 Å². The van der Waals surface area contributed by atoms with E-state index in [1.807, 2.05) is 0 Å². The van der Waals surface area contributed by atoms with Gasteiger partial charge in [-0.15, -0.1) is 0 Å². The molecule has 4 heteroatoms. The van der Waals surface area contributed by atoms with E-state index in [4.69, 9.17) is 0 Å². The molecule has 0 fully saturated rings. The van der Waals surface area contributed by atoms with Crippen LogP contribution in [0.3, 0.4) is 0 Å². The van der Waals surface area contributed by atoms with Crippen molar-refractivity contribution in [3.8, 4) is 33.6 Å². The Morgan fingerprint density at radius 2 is 0.734 bits per heavy atom. The van der Waals surface area contributed by atoms with Gasteiger partial charge in [0.15, 0.2) is 0 Å². The number of benzene rings is 9. The Morgan fingerprint density at radius 1 is 0.344 bits per heavy atom. The third-order valence-electron chi connectivity index (χ3n) is 14.8. The van der Waals surface area contributed by atoms with E-state index < -0.39 is 0 Å². The van der Waals surface area contributed by atoms with Gasteiger partial charge in [0, 0.05) is 44.0 Å². The molecule has 0 aliphatic carbocycles. The summed E-state index contributed by atoms with van der Waals surface area (Å²) >= 11 is 0. The van der Waals surface area contributed by atoms with Gasteiger partial charge in [-0.05, 0) is 104 Å². The molecular formula is C60H46B2N2. The molecule has 0 bridgehead atoms. The molecule has 4 heterocycles. The number of aryl methyl sites for hydroxylation is 6. The van der Waals surface area contributed by atoms with E-state index in [-0.39, 0.29) is 13.4 Å². The molecule has 0 unspecified atom stereocenters. The van der Waals surface area contributed by atoms with Crippen LogP contribution < -0.4 is 32.8 Å². The predicted octanol–water partition coefficient (Wildman–Crippen LogP) is 10.7. The minimum absolute atomic E-state index is 0.0331. The number of aromatic nitrogens is 2. The Balaban J connectivity index is 1.23. The molecule has 2 aliphatic rings. The summed E-state index contributed by atoms with van der Waals surface area (Å²) in [5.74, 6) is 0. The van der Waals surface area contributed by atoms with Gasteiger partial charge in [-0.3, -0.25) is 0 Å². The summed E-state index contributed by atoms with van der Waals surface area (Å²) in [6, 6.07) is 64.7. The molecule has 0 spiro atoms. The highest BCUT2D eigenvalue weighted by atomic mass is 15.0. The van der Waals surface area contributed by atoms with E-state index in [1.165, 1.54) is 143 Å². The van der Waals surface area contributed by atoms with Gasteiger partial charge in [-0.2, -0.15) is 0 Å². The number of rotatable bonds is 4. The van der Waals surface area contributed by atoms with Crippen LogP contribution in [0.4, 0.5) is 0 Å². The van der Waals surface area contributed by atoms with E-state index >= 15 is 0 Å². The number of hydrogen-bond acceptors (Lipinski definition) is 0. The van der Waals surface area contributed by atoms with Crippen molar-refractivity contribution in [2.45, 2.75) is 41.5 Å². The van der Waals surface area contributed by atoms with Crippen LogP contribution in [-0.4, -0.2) is 22.6 Å². The minimum Gasteiger partial charge on any atom is -0.310 e. The van der Waals surface area contributed by atoms with Gasteiger partial charge >= 0.3 is 0 Å².